The van der Waals surface area contributed by atoms with Gasteiger partial charge < -0.3 is 9.90 Å². The Bertz CT molecular complexity index is 269. The van der Waals surface area contributed by atoms with Gasteiger partial charge in [-0.15, -0.1) is 0 Å². The van der Waals surface area contributed by atoms with Gasteiger partial charge in [-0.3, -0.25) is 0 Å². The van der Waals surface area contributed by atoms with Gasteiger partial charge in [-0.05, 0) is 17.5 Å². The molecule has 1 rings (SSSR count). The van der Waals surface area contributed by atoms with E-state index in [1.807, 2.05) is 24.3 Å². The maximum Gasteiger partial charge on any atom is 0.133 e. The van der Waals surface area contributed by atoms with Crippen LogP contribution in [0, 0.1) is 0 Å². The number of aliphatic hydroxyl groups is 1. The number of halogens is 1. The molecule has 70 valence electrons. The summed E-state index contributed by atoms with van der Waals surface area (Å²) in [6.07, 6.45) is 1.56. The van der Waals surface area contributed by atoms with Crippen molar-refractivity contribution in [1.82, 2.24) is 0 Å². The molecule has 0 aliphatic carbocycles. The first kappa shape index (κ1) is 10.4. The second kappa shape index (κ2) is 5.14. The van der Waals surface area contributed by atoms with Gasteiger partial charge >= 0.3 is 0 Å². The first-order valence-corrected chi connectivity index (χ1v) is 4.96. The number of carbonyl (C=O) groups is 1. The lowest BCUT2D eigenvalue weighted by Gasteiger charge is -2.03. The molecular formula is C10H11BrO2. The van der Waals surface area contributed by atoms with E-state index in [1.165, 1.54) is 0 Å². The minimum absolute atomic E-state index is 0.0612. The maximum absolute atomic E-state index is 10.3. The highest BCUT2D eigenvalue weighted by molar-refractivity contribution is 9.09. The number of hydrogen-bond acceptors (Lipinski definition) is 2. The van der Waals surface area contributed by atoms with Gasteiger partial charge in [0.25, 0.3) is 0 Å². The minimum atomic E-state index is -0.118. The van der Waals surface area contributed by atoms with Gasteiger partial charge in [0.15, 0.2) is 0 Å². The summed E-state index contributed by atoms with van der Waals surface area (Å²) in [6, 6.07) is 7.56. The number of aldehydes is 1. The average molecular weight is 243 g/mol. The number of alkyl halides is 1. The fraction of sp³-hybridized carbons (Fsp3) is 0.300. The summed E-state index contributed by atoms with van der Waals surface area (Å²) >= 11 is 3.23. The van der Waals surface area contributed by atoms with Crippen LogP contribution in [0.5, 0.6) is 0 Å². The minimum Gasteiger partial charge on any atom is -0.392 e. The first-order chi connectivity index (χ1) is 6.26. The predicted molar refractivity (Wildman–Crippen MR) is 54.8 cm³/mol. The van der Waals surface area contributed by atoms with Gasteiger partial charge in [-0.1, -0.05) is 40.2 Å². The molecule has 3 heteroatoms. The zero-order valence-corrected chi connectivity index (χ0v) is 8.70. The summed E-state index contributed by atoms with van der Waals surface area (Å²) in [5, 5.41) is 8.79. The topological polar surface area (TPSA) is 37.3 Å². The fourth-order valence-electron chi connectivity index (χ4n) is 1.05. The van der Waals surface area contributed by atoms with Crippen molar-refractivity contribution in [2.24, 2.45) is 0 Å². The Morgan fingerprint density at radius 1 is 1.31 bits per heavy atom. The summed E-state index contributed by atoms with van der Waals surface area (Å²) in [5.41, 5.74) is 1.98. The molecule has 0 aliphatic rings. The number of hydrogen-bond donors (Lipinski definition) is 1. The van der Waals surface area contributed by atoms with E-state index in [-0.39, 0.29) is 11.4 Å². The van der Waals surface area contributed by atoms with Crippen molar-refractivity contribution in [2.75, 3.05) is 0 Å². The molecule has 1 aromatic carbocycles. The van der Waals surface area contributed by atoms with Crippen LogP contribution in [0.3, 0.4) is 0 Å². The van der Waals surface area contributed by atoms with Crippen molar-refractivity contribution in [2.45, 2.75) is 17.9 Å². The predicted octanol–water partition coefficient (Wildman–Crippen LogP) is 1.68. The van der Waals surface area contributed by atoms with Gasteiger partial charge in [-0.25, -0.2) is 0 Å². The molecule has 0 aliphatic heterocycles. The molecule has 0 bridgehead atoms. The highest BCUT2D eigenvalue weighted by Crippen LogP contribution is 2.09. The van der Waals surface area contributed by atoms with Crippen LogP contribution in [0.1, 0.15) is 11.1 Å². The molecule has 1 aromatic rings. The SMILES string of the molecule is O=CC(Br)Cc1ccc(CO)cc1. The zero-order valence-electron chi connectivity index (χ0n) is 7.11. The molecule has 2 nitrogen and oxygen atoms in total. The Labute approximate surface area is 85.7 Å². The van der Waals surface area contributed by atoms with E-state index in [2.05, 4.69) is 15.9 Å². The Kier molecular flexibility index (Phi) is 4.12. The molecule has 13 heavy (non-hydrogen) atoms. The van der Waals surface area contributed by atoms with Crippen LogP contribution < -0.4 is 0 Å². The van der Waals surface area contributed by atoms with Crippen molar-refractivity contribution in [3.8, 4) is 0 Å². The van der Waals surface area contributed by atoms with Crippen LogP contribution in [-0.4, -0.2) is 16.2 Å². The second-order valence-corrected chi connectivity index (χ2v) is 4.01. The Morgan fingerprint density at radius 3 is 2.31 bits per heavy atom. The van der Waals surface area contributed by atoms with Crippen molar-refractivity contribution in [3.63, 3.8) is 0 Å². The Morgan fingerprint density at radius 2 is 1.85 bits per heavy atom. The number of benzene rings is 1. The Hall–Kier alpha value is -0.670. The van der Waals surface area contributed by atoms with E-state index in [4.69, 9.17) is 5.11 Å². The van der Waals surface area contributed by atoms with E-state index in [0.717, 1.165) is 17.4 Å². The smallest absolute Gasteiger partial charge is 0.133 e. The standard InChI is InChI=1S/C10H11BrO2/c11-10(7-13)5-8-1-3-9(6-12)4-2-8/h1-4,7,10,12H,5-6H2. The second-order valence-electron chi connectivity index (χ2n) is 2.83. The van der Waals surface area contributed by atoms with Gasteiger partial charge in [0.05, 0.1) is 11.4 Å². The summed E-state index contributed by atoms with van der Waals surface area (Å²) in [4.78, 5) is 10.2. The molecule has 0 spiro atoms. The summed E-state index contributed by atoms with van der Waals surface area (Å²) in [6.45, 7) is 0.0612. The Balaban J connectivity index is 2.63. The highest BCUT2D eigenvalue weighted by Gasteiger charge is 2.02. The third-order valence-corrected chi connectivity index (χ3v) is 2.32. The molecule has 0 saturated carbocycles. The highest BCUT2D eigenvalue weighted by atomic mass is 79.9. The normalized spacial score (nSPS) is 12.5. The molecule has 0 radical (unpaired) electrons. The third kappa shape index (κ3) is 3.28. The molecule has 0 aromatic heterocycles. The first-order valence-electron chi connectivity index (χ1n) is 4.04. The fourth-order valence-corrected chi connectivity index (χ4v) is 1.43. The molecule has 0 heterocycles. The van der Waals surface area contributed by atoms with Gasteiger partial charge in [0.2, 0.25) is 0 Å². The lowest BCUT2D eigenvalue weighted by atomic mass is 10.1. The van der Waals surface area contributed by atoms with E-state index in [9.17, 15) is 4.79 Å². The van der Waals surface area contributed by atoms with Crippen molar-refractivity contribution in [1.29, 1.82) is 0 Å². The molecule has 0 amide bonds. The van der Waals surface area contributed by atoms with Crippen LogP contribution in [-0.2, 0) is 17.8 Å². The summed E-state index contributed by atoms with van der Waals surface area (Å²) in [7, 11) is 0. The molecule has 1 atom stereocenters. The van der Waals surface area contributed by atoms with E-state index in [0.29, 0.717) is 6.42 Å². The number of carbonyl (C=O) groups excluding carboxylic acids is 1. The van der Waals surface area contributed by atoms with Crippen LogP contribution in [0.25, 0.3) is 0 Å². The van der Waals surface area contributed by atoms with Crippen LogP contribution in [0.2, 0.25) is 0 Å². The van der Waals surface area contributed by atoms with E-state index < -0.39 is 0 Å². The van der Waals surface area contributed by atoms with Crippen molar-refractivity contribution < 1.29 is 9.90 Å². The molecular weight excluding hydrogens is 232 g/mol. The number of aliphatic hydroxyl groups excluding tert-OH is 1. The lowest BCUT2D eigenvalue weighted by Crippen LogP contribution is -2.03. The zero-order chi connectivity index (χ0) is 9.68. The third-order valence-electron chi connectivity index (χ3n) is 1.78. The van der Waals surface area contributed by atoms with Crippen LogP contribution in [0.15, 0.2) is 24.3 Å². The lowest BCUT2D eigenvalue weighted by molar-refractivity contribution is -0.107. The van der Waals surface area contributed by atoms with Gasteiger partial charge in [0.1, 0.15) is 6.29 Å². The average Bonchev–Trinajstić information content (AvgIpc) is 2.19. The van der Waals surface area contributed by atoms with E-state index in [1.54, 1.807) is 0 Å². The summed E-state index contributed by atoms with van der Waals surface area (Å²) in [5.74, 6) is 0. The monoisotopic (exact) mass is 242 g/mol. The van der Waals surface area contributed by atoms with E-state index >= 15 is 0 Å². The maximum atomic E-state index is 10.3. The number of rotatable bonds is 4. The molecule has 1 N–H and O–H groups in total. The van der Waals surface area contributed by atoms with Crippen LogP contribution in [0.4, 0.5) is 0 Å². The molecule has 0 fully saturated rings. The van der Waals surface area contributed by atoms with Crippen molar-refractivity contribution >= 4 is 22.2 Å². The van der Waals surface area contributed by atoms with Gasteiger partial charge in [-0.2, -0.15) is 0 Å². The van der Waals surface area contributed by atoms with Gasteiger partial charge in [0, 0.05) is 0 Å². The quantitative estimate of drug-likeness (QED) is 0.645. The summed E-state index contributed by atoms with van der Waals surface area (Å²) < 4.78 is 0. The molecule has 1 unspecified atom stereocenters. The van der Waals surface area contributed by atoms with Crippen LogP contribution >= 0.6 is 15.9 Å². The molecule has 0 saturated heterocycles. The van der Waals surface area contributed by atoms with Crippen molar-refractivity contribution in [3.05, 3.63) is 35.4 Å². The largest absolute Gasteiger partial charge is 0.392 e.